The largest absolute Gasteiger partial charge is 0.357 e. The summed E-state index contributed by atoms with van der Waals surface area (Å²) in [6, 6.07) is 8.82. The van der Waals surface area contributed by atoms with Crippen LogP contribution in [0.25, 0.3) is 0 Å². The molecule has 2 aromatic rings. The number of aromatic nitrogens is 1. The Bertz CT molecular complexity index is 740. The van der Waals surface area contributed by atoms with Crippen LogP contribution in [-0.2, 0) is 19.4 Å². The van der Waals surface area contributed by atoms with Crippen LogP contribution in [-0.4, -0.2) is 48.6 Å². The van der Waals surface area contributed by atoms with Crippen molar-refractivity contribution in [2.75, 3.05) is 32.7 Å². The van der Waals surface area contributed by atoms with E-state index in [0.29, 0.717) is 0 Å². The molecular formula is C21H31N5S. The molecule has 0 fully saturated rings. The van der Waals surface area contributed by atoms with E-state index in [4.69, 9.17) is 4.99 Å². The van der Waals surface area contributed by atoms with Crippen molar-refractivity contribution in [2.45, 2.75) is 39.7 Å². The number of hydrogen-bond donors (Lipinski definition) is 2. The van der Waals surface area contributed by atoms with Crippen LogP contribution in [0.1, 0.15) is 35.2 Å². The van der Waals surface area contributed by atoms with Crippen molar-refractivity contribution in [3.63, 3.8) is 0 Å². The lowest BCUT2D eigenvalue weighted by atomic mass is 10.00. The van der Waals surface area contributed by atoms with Crippen molar-refractivity contribution < 1.29 is 0 Å². The van der Waals surface area contributed by atoms with Gasteiger partial charge in [0.25, 0.3) is 0 Å². The third kappa shape index (κ3) is 6.33. The van der Waals surface area contributed by atoms with Gasteiger partial charge in [-0.2, -0.15) is 0 Å². The SMILES string of the molecule is CCNC(=NCCCN1CCc2ccccc2C1)NCCc1csc(C)n1. The van der Waals surface area contributed by atoms with E-state index in [-0.39, 0.29) is 0 Å². The van der Waals surface area contributed by atoms with Crippen LogP contribution in [0.4, 0.5) is 0 Å². The highest BCUT2D eigenvalue weighted by molar-refractivity contribution is 7.09. The second-order valence-electron chi connectivity index (χ2n) is 6.94. The van der Waals surface area contributed by atoms with E-state index in [9.17, 15) is 0 Å². The van der Waals surface area contributed by atoms with E-state index < -0.39 is 0 Å². The van der Waals surface area contributed by atoms with Gasteiger partial charge < -0.3 is 10.6 Å². The van der Waals surface area contributed by atoms with Crippen LogP contribution in [0.2, 0.25) is 0 Å². The molecule has 1 aliphatic rings. The number of hydrogen-bond acceptors (Lipinski definition) is 4. The molecule has 0 atom stereocenters. The normalized spacial score (nSPS) is 14.8. The monoisotopic (exact) mass is 385 g/mol. The standard InChI is InChI=1S/C21H31N5S/c1-3-22-21(24-12-9-20-16-27-17(2)25-20)23-11-6-13-26-14-10-18-7-4-5-8-19(18)15-26/h4-5,7-8,16H,3,6,9-15H2,1-2H3,(H2,22,23,24). The number of nitrogens with zero attached hydrogens (tertiary/aromatic N) is 3. The molecule has 0 aliphatic carbocycles. The van der Waals surface area contributed by atoms with Gasteiger partial charge in [0.15, 0.2) is 5.96 Å². The zero-order chi connectivity index (χ0) is 18.9. The van der Waals surface area contributed by atoms with E-state index in [1.165, 1.54) is 17.5 Å². The third-order valence-corrected chi connectivity index (χ3v) is 5.62. The molecule has 0 saturated carbocycles. The Morgan fingerprint density at radius 2 is 2.11 bits per heavy atom. The van der Waals surface area contributed by atoms with Gasteiger partial charge in [-0.05, 0) is 37.8 Å². The first-order valence-electron chi connectivity index (χ1n) is 9.97. The first kappa shape index (κ1) is 19.8. The third-order valence-electron chi connectivity index (χ3n) is 4.80. The van der Waals surface area contributed by atoms with Crippen molar-refractivity contribution in [1.82, 2.24) is 20.5 Å². The van der Waals surface area contributed by atoms with Gasteiger partial charge in [0.2, 0.25) is 0 Å². The van der Waals surface area contributed by atoms with Crippen molar-refractivity contribution >= 4 is 17.3 Å². The fraction of sp³-hybridized carbons (Fsp3) is 0.524. The highest BCUT2D eigenvalue weighted by atomic mass is 32.1. The molecule has 1 aromatic heterocycles. The Labute approximate surface area is 166 Å². The van der Waals surface area contributed by atoms with E-state index in [0.717, 1.165) is 68.8 Å². The van der Waals surface area contributed by atoms with Crippen LogP contribution < -0.4 is 10.6 Å². The number of aryl methyl sites for hydroxylation is 1. The molecule has 5 nitrogen and oxygen atoms in total. The number of fused-ring (bicyclic) bond motifs is 1. The lowest BCUT2D eigenvalue weighted by molar-refractivity contribution is 0.252. The molecule has 2 N–H and O–H groups in total. The second kappa shape index (κ2) is 10.4. The zero-order valence-corrected chi connectivity index (χ0v) is 17.3. The van der Waals surface area contributed by atoms with Gasteiger partial charge in [0.05, 0.1) is 10.7 Å². The molecule has 0 amide bonds. The van der Waals surface area contributed by atoms with Crippen molar-refractivity contribution in [3.05, 3.63) is 51.5 Å². The van der Waals surface area contributed by atoms with Gasteiger partial charge in [0.1, 0.15) is 0 Å². The minimum atomic E-state index is 0.850. The minimum absolute atomic E-state index is 0.850. The maximum atomic E-state index is 4.73. The highest BCUT2D eigenvalue weighted by Crippen LogP contribution is 2.18. The Balaban J connectivity index is 1.38. The maximum Gasteiger partial charge on any atom is 0.191 e. The lowest BCUT2D eigenvalue weighted by Crippen LogP contribution is -2.38. The summed E-state index contributed by atoms with van der Waals surface area (Å²) in [5.74, 6) is 0.911. The molecule has 0 bridgehead atoms. The van der Waals surface area contributed by atoms with Crippen LogP contribution in [0.5, 0.6) is 0 Å². The fourth-order valence-corrected chi connectivity index (χ4v) is 4.05. The molecule has 0 saturated heterocycles. The summed E-state index contributed by atoms with van der Waals surface area (Å²) in [5, 5.41) is 10.0. The number of benzene rings is 1. The van der Waals surface area contributed by atoms with Crippen molar-refractivity contribution in [2.24, 2.45) is 4.99 Å². The van der Waals surface area contributed by atoms with Crippen LogP contribution >= 0.6 is 11.3 Å². The first-order valence-corrected chi connectivity index (χ1v) is 10.8. The summed E-state index contributed by atoms with van der Waals surface area (Å²) < 4.78 is 0. The molecule has 0 unspecified atom stereocenters. The summed E-state index contributed by atoms with van der Waals surface area (Å²) in [6.45, 7) is 10.1. The summed E-state index contributed by atoms with van der Waals surface area (Å²) in [6.07, 6.45) is 3.19. The van der Waals surface area contributed by atoms with Crippen molar-refractivity contribution in [3.8, 4) is 0 Å². The molecule has 0 radical (unpaired) electrons. The van der Waals surface area contributed by atoms with Gasteiger partial charge in [-0.3, -0.25) is 9.89 Å². The molecule has 2 heterocycles. The second-order valence-corrected chi connectivity index (χ2v) is 8.01. The average Bonchev–Trinajstić information content (AvgIpc) is 3.10. The smallest absolute Gasteiger partial charge is 0.191 e. The number of rotatable bonds is 8. The van der Waals surface area contributed by atoms with Crippen LogP contribution in [0, 0.1) is 6.92 Å². The molecule has 1 aromatic carbocycles. The minimum Gasteiger partial charge on any atom is -0.357 e. The maximum absolute atomic E-state index is 4.73. The number of nitrogens with one attached hydrogen (secondary N) is 2. The molecule has 0 spiro atoms. The Morgan fingerprint density at radius 1 is 1.26 bits per heavy atom. The number of guanidine groups is 1. The average molecular weight is 386 g/mol. The summed E-state index contributed by atoms with van der Waals surface area (Å²) in [4.78, 5) is 11.8. The Hall–Kier alpha value is -1.92. The first-order chi connectivity index (χ1) is 13.2. The van der Waals surface area contributed by atoms with Crippen LogP contribution in [0.15, 0.2) is 34.6 Å². The zero-order valence-electron chi connectivity index (χ0n) is 16.5. The fourth-order valence-electron chi connectivity index (χ4n) is 3.40. The van der Waals surface area contributed by atoms with Gasteiger partial charge in [-0.15, -0.1) is 11.3 Å². The molecule has 1 aliphatic heterocycles. The van der Waals surface area contributed by atoms with Gasteiger partial charge >= 0.3 is 0 Å². The molecule has 6 heteroatoms. The predicted octanol–water partition coefficient (Wildman–Crippen LogP) is 3.00. The Kier molecular flexibility index (Phi) is 7.66. The van der Waals surface area contributed by atoms with Crippen LogP contribution in [0.3, 0.4) is 0 Å². The molecule has 3 rings (SSSR count). The molecule has 27 heavy (non-hydrogen) atoms. The van der Waals surface area contributed by atoms with E-state index in [2.05, 4.69) is 57.1 Å². The van der Waals surface area contributed by atoms with E-state index in [1.807, 2.05) is 6.92 Å². The summed E-state index contributed by atoms with van der Waals surface area (Å²) >= 11 is 1.71. The van der Waals surface area contributed by atoms with Gasteiger partial charge in [-0.1, -0.05) is 24.3 Å². The summed E-state index contributed by atoms with van der Waals surface area (Å²) in [7, 11) is 0. The quantitative estimate of drug-likeness (QED) is 0.417. The summed E-state index contributed by atoms with van der Waals surface area (Å²) in [5.41, 5.74) is 4.16. The predicted molar refractivity (Wildman–Crippen MR) is 115 cm³/mol. The molecule has 146 valence electrons. The highest BCUT2D eigenvalue weighted by Gasteiger charge is 2.14. The number of thiazole rings is 1. The van der Waals surface area contributed by atoms with Gasteiger partial charge in [0, 0.05) is 51.1 Å². The number of aliphatic imine (C=N–C) groups is 1. The van der Waals surface area contributed by atoms with E-state index in [1.54, 1.807) is 11.3 Å². The lowest BCUT2D eigenvalue weighted by Gasteiger charge is -2.28. The Morgan fingerprint density at radius 3 is 2.89 bits per heavy atom. The van der Waals surface area contributed by atoms with E-state index >= 15 is 0 Å². The topological polar surface area (TPSA) is 52.6 Å². The molecular weight excluding hydrogens is 354 g/mol. The van der Waals surface area contributed by atoms with Gasteiger partial charge in [-0.25, -0.2) is 4.98 Å². The van der Waals surface area contributed by atoms with Crippen molar-refractivity contribution in [1.29, 1.82) is 0 Å².